The minimum absolute atomic E-state index is 0.317. The maximum Gasteiger partial charge on any atom is 0.221 e. The van der Waals surface area contributed by atoms with Gasteiger partial charge in [0.1, 0.15) is 66.1 Å². The van der Waals surface area contributed by atoms with Gasteiger partial charge in [-0.05, 0) is 220 Å². The Morgan fingerprint density at radius 1 is 0.252 bits per heavy atom. The molecule has 0 radical (unpaired) electrons. The molecule has 15 nitrogen and oxygen atoms in total. The standard InChI is InChI=1S/C24H24N3.4C22H24N3/c1-16-22(27-15-14-25(3)17(27)2)12-11-20-18-8-5-6-9-19(18)21-10-7-13-26(4)24(21)23(16)20;1-16-21(25-14-13-23(3)17(25)2)15-18-9-5-6-10-19(18)22(16)20-11-7-8-12-24(20)4;1-16-19(9-7-11-20(16)25-15-14-23(3)17(25)2)22-13-12-18-8-5-6-10-21(18)24(22)4;1-16-20(10-7-11-21(16)25-13-12-23(3)17(25)2)22-14-18-8-5-6-9-19(18)15-24(22)4;1-16-19(10-7-11-21(16)25-15-14-23(3)17(25)2)22-20-9-6-5-8-18(20)12-13-24(22)4/h5-15,17H,1-4H3;4*5-15,17H,1-4H3/q5*+1/t5*17-/m00000/s1. The summed E-state index contributed by atoms with van der Waals surface area (Å²) >= 11 is 0. The number of benzene rings is 11. The number of fused-ring (bicyclic) bond motifs is 10. The molecule has 5 aliphatic heterocycles. The molecule has 21 rings (SSSR count). The lowest BCUT2D eigenvalue weighted by atomic mass is 9.93. The highest BCUT2D eigenvalue weighted by Crippen LogP contribution is 2.44. The molecule has 0 N–H and O–H groups in total. The van der Waals surface area contributed by atoms with E-state index >= 15 is 0 Å². The molecule has 5 atom stereocenters. The van der Waals surface area contributed by atoms with E-state index in [1.165, 1.54) is 177 Å². The van der Waals surface area contributed by atoms with Gasteiger partial charge in [0.25, 0.3) is 0 Å². The molecule has 0 spiro atoms. The molecule has 10 heterocycles. The van der Waals surface area contributed by atoms with E-state index in [1.54, 1.807) is 0 Å². The SMILES string of the molecule is Cc1c(-c2c3ccccc3cc[n+]2C)cccc1N1C=CN(C)[C@@H]1C.Cc1c(-c2cc3ccccc3c[n+]2C)cccc1N1C=CN(C)[C@@H]1C.Cc1c(-c2ccc3ccccc3[n+]2C)cccc1N1C=CN(C)[C@@H]1C.Cc1c(N2C=CN(C)[C@@H]2C)cc2ccccc2c1-c1cccc[n+]1C.Cc1c(N2C=CN(C)[C@@H]2C)ccc2c3ccccc3c3ccc[n+](C)c3c12. The number of pyridine rings is 5. The van der Waals surface area contributed by atoms with Crippen LogP contribution in [0.25, 0.3) is 121 Å². The predicted molar refractivity (Wildman–Crippen MR) is 530 cm³/mol. The first-order chi connectivity index (χ1) is 61.4. The first-order valence-corrected chi connectivity index (χ1v) is 44.4. The average molecular weight is 1680 g/mol. The first kappa shape index (κ1) is 84.9. The number of nitrogens with zero attached hydrogens (tertiary/aromatic N) is 15. The second kappa shape index (κ2) is 35.4. The van der Waals surface area contributed by atoms with E-state index in [0.29, 0.717) is 30.8 Å². The molecule has 0 bridgehead atoms. The van der Waals surface area contributed by atoms with E-state index in [1.807, 2.05) is 0 Å². The van der Waals surface area contributed by atoms with Crippen molar-refractivity contribution in [2.45, 2.75) is 100 Å². The van der Waals surface area contributed by atoms with E-state index in [2.05, 4.69) is 547 Å². The van der Waals surface area contributed by atoms with Crippen LogP contribution in [0.2, 0.25) is 0 Å². The normalized spacial score (nSPS) is 16.9. The number of para-hydroxylation sites is 1. The highest BCUT2D eigenvalue weighted by Gasteiger charge is 2.32. The number of aryl methyl sites for hydroxylation is 6. The van der Waals surface area contributed by atoms with Gasteiger partial charge in [0.05, 0.1) is 38.4 Å². The summed E-state index contributed by atoms with van der Waals surface area (Å²) in [6, 6.07) is 89.4. The summed E-state index contributed by atoms with van der Waals surface area (Å²) in [5.74, 6) is 0. The van der Waals surface area contributed by atoms with Crippen molar-refractivity contribution in [2.75, 3.05) is 59.7 Å². The van der Waals surface area contributed by atoms with Crippen molar-refractivity contribution in [3.05, 3.63) is 363 Å². The van der Waals surface area contributed by atoms with Gasteiger partial charge in [-0.3, -0.25) is 0 Å². The van der Waals surface area contributed by atoms with Crippen LogP contribution in [0.3, 0.4) is 0 Å². The lowest BCUT2D eigenvalue weighted by Crippen LogP contribution is -2.34. The fourth-order valence-corrected chi connectivity index (χ4v) is 19.3. The van der Waals surface area contributed by atoms with Gasteiger partial charge in [-0.1, -0.05) is 121 Å². The van der Waals surface area contributed by atoms with Crippen LogP contribution < -0.4 is 47.3 Å². The van der Waals surface area contributed by atoms with Gasteiger partial charge >= 0.3 is 0 Å². The summed E-state index contributed by atoms with van der Waals surface area (Å²) in [5, 5.41) is 15.6. The summed E-state index contributed by atoms with van der Waals surface area (Å²) in [5.41, 5.74) is 25.6. The van der Waals surface area contributed by atoms with Gasteiger partial charge in [-0.15, -0.1) is 0 Å². The third-order valence-corrected chi connectivity index (χ3v) is 27.5. The summed E-state index contributed by atoms with van der Waals surface area (Å²) in [7, 11) is 21.3. The number of hydrogen-bond acceptors (Lipinski definition) is 10. The Bertz CT molecular complexity index is 6990. The molecule has 5 aliphatic rings. The van der Waals surface area contributed by atoms with E-state index < -0.39 is 0 Å². The third-order valence-electron chi connectivity index (χ3n) is 27.5. The van der Waals surface area contributed by atoms with Crippen LogP contribution in [-0.4, -0.2) is 90.6 Å². The van der Waals surface area contributed by atoms with Crippen molar-refractivity contribution >= 4 is 104 Å². The second-order valence-electron chi connectivity index (χ2n) is 34.8. The molecule has 16 aromatic rings. The molecule has 11 aromatic carbocycles. The maximum absolute atomic E-state index is 2.36. The summed E-state index contributed by atoms with van der Waals surface area (Å²) in [4.78, 5) is 22.9. The molecule has 0 aliphatic carbocycles. The Morgan fingerprint density at radius 2 is 0.685 bits per heavy atom. The highest BCUT2D eigenvalue weighted by atomic mass is 15.4. The quantitative estimate of drug-likeness (QED) is 0.103. The molecule has 5 aromatic heterocycles. The van der Waals surface area contributed by atoms with Crippen LogP contribution >= 0.6 is 0 Å². The zero-order valence-electron chi connectivity index (χ0n) is 77.3. The third kappa shape index (κ3) is 15.8. The van der Waals surface area contributed by atoms with Gasteiger partial charge in [0.2, 0.25) is 33.8 Å². The van der Waals surface area contributed by atoms with Gasteiger partial charge in [-0.2, -0.15) is 4.57 Å². The highest BCUT2D eigenvalue weighted by molar-refractivity contribution is 6.25. The van der Waals surface area contributed by atoms with E-state index in [0.717, 1.165) is 0 Å². The Kier molecular flexibility index (Phi) is 23.6. The van der Waals surface area contributed by atoms with Crippen LogP contribution in [0, 0.1) is 34.6 Å². The fraction of sp³-hybridized carbons (Fsp3) is 0.223. The van der Waals surface area contributed by atoms with Crippen LogP contribution in [0.15, 0.2) is 336 Å². The van der Waals surface area contributed by atoms with Crippen molar-refractivity contribution in [1.29, 1.82) is 0 Å². The smallest absolute Gasteiger partial charge is 0.221 e. The molecule has 0 amide bonds. The molecular formula is C112H120N15+5. The van der Waals surface area contributed by atoms with Crippen LogP contribution in [0.5, 0.6) is 0 Å². The lowest BCUT2D eigenvalue weighted by molar-refractivity contribution is -0.660. The van der Waals surface area contributed by atoms with Crippen LogP contribution in [-0.2, 0) is 35.2 Å². The van der Waals surface area contributed by atoms with Crippen molar-refractivity contribution < 1.29 is 22.8 Å². The maximum atomic E-state index is 2.36. The summed E-state index contributed by atoms with van der Waals surface area (Å²) in [6.07, 6.45) is 31.8. The Hall–Kier alpha value is -14.3. The molecule has 0 saturated carbocycles. The van der Waals surface area contributed by atoms with E-state index in [4.69, 9.17) is 0 Å². The van der Waals surface area contributed by atoms with Crippen molar-refractivity contribution in [2.24, 2.45) is 35.2 Å². The molecule has 127 heavy (non-hydrogen) atoms. The number of hydrogen-bond donors (Lipinski definition) is 0. The van der Waals surface area contributed by atoms with E-state index in [-0.39, 0.29) is 0 Å². The van der Waals surface area contributed by atoms with Gasteiger partial charge in [-0.25, -0.2) is 18.3 Å². The molecule has 638 valence electrons. The zero-order chi connectivity index (χ0) is 88.9. The summed E-state index contributed by atoms with van der Waals surface area (Å²) in [6.45, 7) is 22.3. The predicted octanol–water partition coefficient (Wildman–Crippen LogP) is 21.7. The van der Waals surface area contributed by atoms with Gasteiger partial charge < -0.3 is 49.0 Å². The lowest BCUT2D eigenvalue weighted by Gasteiger charge is -2.29. The second-order valence-corrected chi connectivity index (χ2v) is 34.8. The number of anilines is 5. The minimum atomic E-state index is 0.317. The molecule has 0 saturated heterocycles. The zero-order valence-corrected chi connectivity index (χ0v) is 77.3. The monoisotopic (exact) mass is 1670 g/mol. The number of rotatable bonds is 9. The molecule has 0 unspecified atom stereocenters. The van der Waals surface area contributed by atoms with E-state index in [9.17, 15) is 0 Å². The Balaban J connectivity index is 0.000000112. The number of aromatic nitrogens is 5. The first-order valence-electron chi connectivity index (χ1n) is 44.4. The average Bonchev–Trinajstić information content (AvgIpc) is 1.26. The largest absolute Gasteiger partial charge is 0.359 e. The topological polar surface area (TPSA) is 51.8 Å². The molecule has 15 heteroatoms. The van der Waals surface area contributed by atoms with Crippen LogP contribution in [0.4, 0.5) is 28.4 Å². The van der Waals surface area contributed by atoms with Gasteiger partial charge in [0, 0.05) is 179 Å². The minimum Gasteiger partial charge on any atom is -0.359 e. The Labute approximate surface area is 750 Å². The summed E-state index contributed by atoms with van der Waals surface area (Å²) < 4.78 is 11.2. The molecule has 0 fully saturated rings. The fourth-order valence-electron chi connectivity index (χ4n) is 19.3. The van der Waals surface area contributed by atoms with Gasteiger partial charge in [0.15, 0.2) is 24.8 Å². The van der Waals surface area contributed by atoms with Crippen molar-refractivity contribution in [3.63, 3.8) is 0 Å². The van der Waals surface area contributed by atoms with Crippen molar-refractivity contribution in [3.8, 4) is 45.0 Å². The molecular weight excluding hydrogens is 1560 g/mol. The van der Waals surface area contributed by atoms with Crippen LogP contribution in [0.1, 0.15) is 62.4 Å². The van der Waals surface area contributed by atoms with Crippen molar-refractivity contribution in [1.82, 2.24) is 24.5 Å². The Morgan fingerprint density at radius 3 is 1.23 bits per heavy atom.